The lowest BCUT2D eigenvalue weighted by molar-refractivity contribution is -0.159. The van der Waals surface area contributed by atoms with Gasteiger partial charge in [0.15, 0.2) is 0 Å². The number of carbonyl (C=O) groups excluding carboxylic acids is 1. The SMILES string of the molecule is CC(C)(C)OC(=O)C(N)C(O)CN. The first-order chi connectivity index (χ1) is 5.78. The van der Waals surface area contributed by atoms with E-state index in [4.69, 9.17) is 21.3 Å². The molecule has 5 N–H and O–H groups in total. The summed E-state index contributed by atoms with van der Waals surface area (Å²) >= 11 is 0. The molecule has 0 aromatic carbocycles. The van der Waals surface area contributed by atoms with Crippen LogP contribution in [-0.4, -0.2) is 35.4 Å². The first-order valence-electron chi connectivity index (χ1n) is 4.14. The van der Waals surface area contributed by atoms with Crippen molar-refractivity contribution >= 4 is 5.97 Å². The van der Waals surface area contributed by atoms with Crippen molar-refractivity contribution in [2.75, 3.05) is 6.54 Å². The van der Waals surface area contributed by atoms with Gasteiger partial charge in [-0.2, -0.15) is 0 Å². The van der Waals surface area contributed by atoms with E-state index in [0.717, 1.165) is 0 Å². The van der Waals surface area contributed by atoms with Crippen LogP contribution in [0, 0.1) is 0 Å². The average molecular weight is 190 g/mol. The van der Waals surface area contributed by atoms with Gasteiger partial charge in [-0.25, -0.2) is 0 Å². The van der Waals surface area contributed by atoms with Crippen LogP contribution < -0.4 is 11.5 Å². The van der Waals surface area contributed by atoms with Crippen LogP contribution in [0.5, 0.6) is 0 Å². The maximum atomic E-state index is 11.2. The number of carbonyl (C=O) groups is 1. The monoisotopic (exact) mass is 190 g/mol. The number of nitrogens with two attached hydrogens (primary N) is 2. The Morgan fingerprint density at radius 1 is 1.54 bits per heavy atom. The van der Waals surface area contributed by atoms with E-state index in [2.05, 4.69) is 0 Å². The smallest absolute Gasteiger partial charge is 0.326 e. The van der Waals surface area contributed by atoms with Gasteiger partial charge >= 0.3 is 5.97 Å². The second kappa shape index (κ2) is 4.55. The van der Waals surface area contributed by atoms with E-state index in [1.165, 1.54) is 0 Å². The molecule has 0 rings (SSSR count). The largest absolute Gasteiger partial charge is 0.459 e. The molecule has 0 heterocycles. The summed E-state index contributed by atoms with van der Waals surface area (Å²) in [5.41, 5.74) is 9.92. The molecule has 0 saturated carbocycles. The lowest BCUT2D eigenvalue weighted by atomic mass is 10.1. The van der Waals surface area contributed by atoms with Gasteiger partial charge in [-0.3, -0.25) is 4.79 Å². The van der Waals surface area contributed by atoms with Crippen molar-refractivity contribution in [2.45, 2.75) is 38.5 Å². The third-order valence-electron chi connectivity index (χ3n) is 1.33. The number of hydrogen-bond donors (Lipinski definition) is 3. The number of rotatable bonds is 3. The number of ether oxygens (including phenoxy) is 1. The molecule has 0 fully saturated rings. The Kier molecular flexibility index (Phi) is 4.32. The molecular weight excluding hydrogens is 172 g/mol. The summed E-state index contributed by atoms with van der Waals surface area (Å²) in [5, 5.41) is 9.14. The summed E-state index contributed by atoms with van der Waals surface area (Å²) in [6, 6.07) is -1.07. The van der Waals surface area contributed by atoms with Crippen molar-refractivity contribution in [1.29, 1.82) is 0 Å². The van der Waals surface area contributed by atoms with Crippen molar-refractivity contribution in [3.63, 3.8) is 0 Å². The molecule has 0 spiro atoms. The van der Waals surface area contributed by atoms with Crippen LogP contribution >= 0.6 is 0 Å². The lowest BCUT2D eigenvalue weighted by Gasteiger charge is -2.23. The molecule has 2 atom stereocenters. The van der Waals surface area contributed by atoms with Gasteiger partial charge in [0, 0.05) is 6.54 Å². The Morgan fingerprint density at radius 2 is 2.00 bits per heavy atom. The molecule has 0 aromatic rings. The van der Waals surface area contributed by atoms with Crippen molar-refractivity contribution in [2.24, 2.45) is 11.5 Å². The van der Waals surface area contributed by atoms with Gasteiger partial charge in [0.05, 0.1) is 6.10 Å². The Bertz CT molecular complexity index is 177. The quantitative estimate of drug-likeness (QED) is 0.494. The van der Waals surface area contributed by atoms with E-state index in [1.807, 2.05) is 0 Å². The standard InChI is InChI=1S/C8H18N2O3/c1-8(2,3)13-7(12)6(10)5(11)4-9/h5-6,11H,4,9-10H2,1-3H3. The van der Waals surface area contributed by atoms with E-state index in [1.54, 1.807) is 20.8 Å². The zero-order chi connectivity index (χ0) is 10.6. The fourth-order valence-electron chi connectivity index (χ4n) is 0.674. The van der Waals surface area contributed by atoms with Gasteiger partial charge in [0.25, 0.3) is 0 Å². The van der Waals surface area contributed by atoms with E-state index >= 15 is 0 Å². The van der Waals surface area contributed by atoms with E-state index in [0.29, 0.717) is 0 Å². The Labute approximate surface area is 78.0 Å². The van der Waals surface area contributed by atoms with Crippen molar-refractivity contribution in [1.82, 2.24) is 0 Å². The molecule has 5 nitrogen and oxygen atoms in total. The second-order valence-corrected chi connectivity index (χ2v) is 3.86. The van der Waals surface area contributed by atoms with E-state index in [9.17, 15) is 4.79 Å². The first kappa shape index (κ1) is 12.3. The summed E-state index contributed by atoms with van der Waals surface area (Å²) in [5.74, 6) is -0.634. The maximum Gasteiger partial charge on any atom is 0.326 e. The molecule has 0 aromatic heterocycles. The second-order valence-electron chi connectivity index (χ2n) is 3.86. The van der Waals surface area contributed by atoms with Crippen LogP contribution in [0.2, 0.25) is 0 Å². The predicted octanol–water partition coefficient (Wildman–Crippen LogP) is -1.02. The van der Waals surface area contributed by atoms with E-state index in [-0.39, 0.29) is 6.54 Å². The van der Waals surface area contributed by atoms with Gasteiger partial charge in [-0.15, -0.1) is 0 Å². The van der Waals surface area contributed by atoms with E-state index < -0.39 is 23.7 Å². The van der Waals surface area contributed by atoms with Gasteiger partial charge in [0.2, 0.25) is 0 Å². The van der Waals surface area contributed by atoms with Crippen LogP contribution in [0.25, 0.3) is 0 Å². The minimum absolute atomic E-state index is 0.0551. The summed E-state index contributed by atoms with van der Waals surface area (Å²) in [6.45, 7) is 5.13. The maximum absolute atomic E-state index is 11.2. The third kappa shape index (κ3) is 4.82. The van der Waals surface area contributed by atoms with Crippen molar-refractivity contribution in [3.05, 3.63) is 0 Å². The molecule has 78 valence electrons. The van der Waals surface area contributed by atoms with Crippen molar-refractivity contribution in [3.8, 4) is 0 Å². The number of aliphatic hydroxyl groups is 1. The highest BCUT2D eigenvalue weighted by Crippen LogP contribution is 2.08. The highest BCUT2D eigenvalue weighted by atomic mass is 16.6. The topological polar surface area (TPSA) is 98.6 Å². The molecule has 0 saturated heterocycles. The highest BCUT2D eigenvalue weighted by molar-refractivity contribution is 5.76. The molecule has 0 radical (unpaired) electrons. The minimum atomic E-state index is -1.07. The van der Waals surface area contributed by atoms with Crippen LogP contribution in [0.3, 0.4) is 0 Å². The summed E-state index contributed by atoms with van der Waals surface area (Å²) in [7, 11) is 0. The highest BCUT2D eigenvalue weighted by Gasteiger charge is 2.26. The molecule has 0 aliphatic carbocycles. The average Bonchev–Trinajstić information content (AvgIpc) is 1.98. The van der Waals surface area contributed by atoms with Crippen LogP contribution in [0.1, 0.15) is 20.8 Å². The summed E-state index contributed by atoms with van der Waals surface area (Å²) < 4.78 is 4.94. The van der Waals surface area contributed by atoms with Crippen LogP contribution in [0.4, 0.5) is 0 Å². The summed E-state index contributed by atoms with van der Waals surface area (Å²) in [6.07, 6.45) is -1.05. The third-order valence-corrected chi connectivity index (χ3v) is 1.33. The molecule has 0 aliphatic heterocycles. The lowest BCUT2D eigenvalue weighted by Crippen LogP contribution is -2.48. The van der Waals surface area contributed by atoms with Crippen LogP contribution in [-0.2, 0) is 9.53 Å². The minimum Gasteiger partial charge on any atom is -0.459 e. The van der Waals surface area contributed by atoms with Gasteiger partial charge in [-0.05, 0) is 20.8 Å². The number of hydrogen-bond acceptors (Lipinski definition) is 5. The normalized spacial score (nSPS) is 16.5. The molecule has 0 amide bonds. The molecule has 2 unspecified atom stereocenters. The fourth-order valence-corrected chi connectivity index (χ4v) is 0.674. The molecule has 5 heteroatoms. The first-order valence-corrected chi connectivity index (χ1v) is 4.14. The fraction of sp³-hybridized carbons (Fsp3) is 0.875. The zero-order valence-electron chi connectivity index (χ0n) is 8.28. The van der Waals surface area contributed by atoms with Gasteiger partial charge in [-0.1, -0.05) is 0 Å². The van der Waals surface area contributed by atoms with Gasteiger partial charge < -0.3 is 21.3 Å². The molecule has 0 bridgehead atoms. The Morgan fingerprint density at radius 3 is 2.31 bits per heavy atom. The van der Waals surface area contributed by atoms with Crippen molar-refractivity contribution < 1.29 is 14.6 Å². The Hall–Kier alpha value is -0.650. The Balaban J connectivity index is 4.12. The van der Waals surface area contributed by atoms with Gasteiger partial charge in [0.1, 0.15) is 11.6 Å². The summed E-state index contributed by atoms with van der Waals surface area (Å²) in [4.78, 5) is 11.2. The van der Waals surface area contributed by atoms with Crippen LogP contribution in [0.15, 0.2) is 0 Å². The molecular formula is C8H18N2O3. The predicted molar refractivity (Wildman–Crippen MR) is 48.9 cm³/mol. The molecule has 13 heavy (non-hydrogen) atoms. The zero-order valence-corrected chi connectivity index (χ0v) is 8.28. The number of aliphatic hydroxyl groups excluding tert-OH is 1. The molecule has 0 aliphatic rings. The number of esters is 1.